The molecule has 0 fully saturated rings. The van der Waals surface area contributed by atoms with Crippen molar-refractivity contribution in [3.8, 4) is 0 Å². The van der Waals surface area contributed by atoms with E-state index in [1.165, 1.54) is 11.9 Å². The summed E-state index contributed by atoms with van der Waals surface area (Å²) in [6.07, 6.45) is 2.40. The van der Waals surface area contributed by atoms with Gasteiger partial charge in [0.05, 0.1) is 6.33 Å². The number of imidazole rings is 1. The largest absolute Gasteiger partial charge is 0.310 e. The highest BCUT2D eigenvalue weighted by Crippen LogP contribution is 2.28. The van der Waals surface area contributed by atoms with Gasteiger partial charge in [-0.15, -0.1) is 0 Å². The molecule has 0 bridgehead atoms. The second-order valence-electron chi connectivity index (χ2n) is 5.45. The fourth-order valence-corrected chi connectivity index (χ4v) is 3.13. The minimum Gasteiger partial charge on any atom is -0.310 e. The van der Waals surface area contributed by atoms with Gasteiger partial charge in [0, 0.05) is 12.2 Å². The molecule has 3 aromatic rings. The molecule has 1 aliphatic rings. The molecular formula is C15H14ClN7O. The van der Waals surface area contributed by atoms with E-state index in [9.17, 15) is 4.79 Å². The van der Waals surface area contributed by atoms with Crippen LogP contribution >= 0.6 is 11.6 Å². The summed E-state index contributed by atoms with van der Waals surface area (Å²) in [5.74, 6) is 5.72. The summed E-state index contributed by atoms with van der Waals surface area (Å²) in [6, 6.07) is 7.92. The molecule has 0 atom stereocenters. The number of nitrogens with one attached hydrogen (secondary N) is 1. The van der Waals surface area contributed by atoms with E-state index in [4.69, 9.17) is 17.4 Å². The average molecular weight is 344 g/mol. The number of amides is 1. The Morgan fingerprint density at radius 3 is 3.00 bits per heavy atom. The number of hydrogen-bond donors (Lipinski definition) is 2. The standard InChI is InChI=1S/C15H14ClN7O/c16-15-19-13(21-17)12-14(20-15)22(8-18-12)7-11(24)23-6-5-9-3-1-2-4-10(9)23/h1-4,8H,5-7,17H2,(H,19,20,21). The van der Waals surface area contributed by atoms with Crippen LogP contribution in [0.2, 0.25) is 5.28 Å². The minimum atomic E-state index is -0.0313. The molecule has 1 aliphatic heterocycles. The van der Waals surface area contributed by atoms with Gasteiger partial charge in [-0.2, -0.15) is 9.97 Å². The summed E-state index contributed by atoms with van der Waals surface area (Å²) in [4.78, 5) is 26.8. The van der Waals surface area contributed by atoms with Crippen molar-refractivity contribution >= 4 is 40.2 Å². The lowest BCUT2D eigenvalue weighted by Crippen LogP contribution is -2.32. The lowest BCUT2D eigenvalue weighted by molar-refractivity contribution is -0.119. The van der Waals surface area contributed by atoms with Crippen LogP contribution in [0.4, 0.5) is 11.5 Å². The van der Waals surface area contributed by atoms with E-state index in [0.717, 1.165) is 12.1 Å². The number of benzene rings is 1. The van der Waals surface area contributed by atoms with Crippen LogP contribution in [0.3, 0.4) is 0 Å². The molecule has 4 rings (SSSR count). The molecule has 9 heteroatoms. The van der Waals surface area contributed by atoms with Crippen molar-refractivity contribution in [2.75, 3.05) is 16.9 Å². The number of nitrogen functional groups attached to an aromatic ring is 1. The molecule has 1 amide bonds. The van der Waals surface area contributed by atoms with Gasteiger partial charge in [-0.1, -0.05) is 18.2 Å². The van der Waals surface area contributed by atoms with Gasteiger partial charge in [0.1, 0.15) is 6.54 Å². The van der Waals surface area contributed by atoms with Crippen LogP contribution in [0.25, 0.3) is 11.2 Å². The Bertz CT molecular complexity index is 939. The summed E-state index contributed by atoms with van der Waals surface area (Å²) in [5, 5.41) is 0.0381. The quantitative estimate of drug-likeness (QED) is 0.423. The lowest BCUT2D eigenvalue weighted by atomic mass is 10.2. The minimum absolute atomic E-state index is 0.0313. The third-order valence-electron chi connectivity index (χ3n) is 4.07. The molecule has 24 heavy (non-hydrogen) atoms. The first kappa shape index (κ1) is 14.9. The Kier molecular flexibility index (Phi) is 3.55. The molecule has 1 aromatic carbocycles. The number of carbonyl (C=O) groups is 1. The maximum Gasteiger partial charge on any atom is 0.247 e. The molecule has 122 valence electrons. The van der Waals surface area contributed by atoms with Gasteiger partial charge in [-0.25, -0.2) is 10.8 Å². The number of hydrogen-bond acceptors (Lipinski definition) is 6. The molecule has 2 aromatic heterocycles. The molecule has 0 aliphatic carbocycles. The highest BCUT2D eigenvalue weighted by molar-refractivity contribution is 6.28. The van der Waals surface area contributed by atoms with Gasteiger partial charge in [0.15, 0.2) is 17.0 Å². The van der Waals surface area contributed by atoms with Gasteiger partial charge >= 0.3 is 0 Å². The highest BCUT2D eigenvalue weighted by Gasteiger charge is 2.25. The maximum absolute atomic E-state index is 12.7. The first-order chi connectivity index (χ1) is 11.7. The topological polar surface area (TPSA) is 102 Å². The van der Waals surface area contributed by atoms with Crippen molar-refractivity contribution in [3.63, 3.8) is 0 Å². The number of fused-ring (bicyclic) bond motifs is 2. The second-order valence-corrected chi connectivity index (χ2v) is 5.79. The van der Waals surface area contributed by atoms with E-state index < -0.39 is 0 Å². The smallest absolute Gasteiger partial charge is 0.247 e. The Balaban J connectivity index is 1.66. The molecule has 0 spiro atoms. The molecule has 8 nitrogen and oxygen atoms in total. The fourth-order valence-electron chi connectivity index (χ4n) is 2.96. The fraction of sp³-hybridized carbons (Fsp3) is 0.200. The van der Waals surface area contributed by atoms with Crippen molar-refractivity contribution in [3.05, 3.63) is 41.4 Å². The third-order valence-corrected chi connectivity index (χ3v) is 4.24. The predicted octanol–water partition coefficient (Wildman–Crippen LogP) is 1.35. The number of para-hydroxylation sites is 1. The van der Waals surface area contributed by atoms with Crippen LogP contribution in [-0.4, -0.2) is 32.0 Å². The zero-order chi connectivity index (χ0) is 16.7. The van der Waals surface area contributed by atoms with Crippen LogP contribution in [-0.2, 0) is 17.8 Å². The number of halogens is 1. The number of carbonyl (C=O) groups excluding carboxylic acids is 1. The molecule has 3 heterocycles. The number of hydrazine groups is 1. The Hall–Kier alpha value is -2.71. The number of nitrogens with two attached hydrogens (primary N) is 1. The summed E-state index contributed by atoms with van der Waals surface area (Å²) in [7, 11) is 0. The van der Waals surface area contributed by atoms with Crippen LogP contribution in [0, 0.1) is 0 Å². The van der Waals surface area contributed by atoms with E-state index in [-0.39, 0.29) is 17.7 Å². The molecular weight excluding hydrogens is 330 g/mol. The number of rotatable bonds is 3. The summed E-state index contributed by atoms with van der Waals surface area (Å²) >= 11 is 5.91. The molecule has 0 saturated carbocycles. The monoisotopic (exact) mass is 343 g/mol. The van der Waals surface area contributed by atoms with Gasteiger partial charge in [-0.3, -0.25) is 4.79 Å². The van der Waals surface area contributed by atoms with E-state index >= 15 is 0 Å². The van der Waals surface area contributed by atoms with Crippen molar-refractivity contribution < 1.29 is 4.79 Å². The summed E-state index contributed by atoms with van der Waals surface area (Å²) in [6.45, 7) is 0.790. The van der Waals surface area contributed by atoms with Gasteiger partial charge in [0.25, 0.3) is 0 Å². The average Bonchev–Trinajstić information content (AvgIpc) is 3.18. The normalized spacial score (nSPS) is 13.3. The van der Waals surface area contributed by atoms with Gasteiger partial charge in [0.2, 0.25) is 11.2 Å². The van der Waals surface area contributed by atoms with Crippen LogP contribution in [0.1, 0.15) is 5.56 Å². The van der Waals surface area contributed by atoms with Crippen molar-refractivity contribution in [1.82, 2.24) is 19.5 Å². The van der Waals surface area contributed by atoms with Crippen molar-refractivity contribution in [2.45, 2.75) is 13.0 Å². The number of nitrogens with zero attached hydrogens (tertiary/aromatic N) is 5. The third kappa shape index (κ3) is 2.36. The van der Waals surface area contributed by atoms with E-state index in [1.54, 1.807) is 9.47 Å². The predicted molar refractivity (Wildman–Crippen MR) is 90.6 cm³/mol. The van der Waals surface area contributed by atoms with Crippen LogP contribution in [0.15, 0.2) is 30.6 Å². The van der Waals surface area contributed by atoms with Gasteiger partial charge in [-0.05, 0) is 29.7 Å². The number of anilines is 2. The maximum atomic E-state index is 12.7. The molecule has 0 unspecified atom stereocenters. The van der Waals surface area contributed by atoms with Crippen LogP contribution in [0.5, 0.6) is 0 Å². The van der Waals surface area contributed by atoms with E-state index in [0.29, 0.717) is 23.5 Å². The Morgan fingerprint density at radius 1 is 1.33 bits per heavy atom. The SMILES string of the molecule is NNc1nc(Cl)nc2c1ncn2CC(=O)N1CCc2ccccc21. The number of aromatic nitrogens is 4. The van der Waals surface area contributed by atoms with Crippen molar-refractivity contribution in [2.24, 2.45) is 5.84 Å². The zero-order valence-corrected chi connectivity index (χ0v) is 13.4. The first-order valence-electron chi connectivity index (χ1n) is 7.40. The Labute approximate surface area is 142 Å². The first-order valence-corrected chi connectivity index (χ1v) is 7.78. The second kappa shape index (κ2) is 5.73. The van der Waals surface area contributed by atoms with E-state index in [1.807, 2.05) is 24.3 Å². The zero-order valence-electron chi connectivity index (χ0n) is 12.6. The molecule has 0 saturated heterocycles. The van der Waals surface area contributed by atoms with Gasteiger partial charge < -0.3 is 14.9 Å². The van der Waals surface area contributed by atoms with Crippen LogP contribution < -0.4 is 16.2 Å². The Morgan fingerprint density at radius 2 is 2.17 bits per heavy atom. The van der Waals surface area contributed by atoms with Crippen molar-refractivity contribution in [1.29, 1.82) is 0 Å². The highest BCUT2D eigenvalue weighted by atomic mass is 35.5. The van der Waals surface area contributed by atoms with E-state index in [2.05, 4.69) is 20.4 Å². The molecule has 3 N–H and O–H groups in total. The molecule has 0 radical (unpaired) electrons. The summed E-state index contributed by atoms with van der Waals surface area (Å²) < 4.78 is 1.65. The lowest BCUT2D eigenvalue weighted by Gasteiger charge is -2.17. The summed E-state index contributed by atoms with van der Waals surface area (Å²) in [5.41, 5.74) is 5.51.